The standard InChI is InChI=1S/C15H18N2O2/c1-10(2)11-5-6-14(19-4)12(7-11)15-13(8-18)16-9-17(15)3/h5-10H,1-4H3. The van der Waals surface area contributed by atoms with Gasteiger partial charge in [0.15, 0.2) is 6.29 Å². The van der Waals surface area contributed by atoms with E-state index in [0.29, 0.717) is 11.6 Å². The Bertz CT molecular complexity index is 600. The van der Waals surface area contributed by atoms with Crippen LogP contribution < -0.4 is 4.74 Å². The molecule has 0 aliphatic heterocycles. The number of aryl methyl sites for hydroxylation is 1. The van der Waals surface area contributed by atoms with Crippen LogP contribution in [0.15, 0.2) is 24.5 Å². The van der Waals surface area contributed by atoms with E-state index in [2.05, 4.69) is 24.9 Å². The first-order chi connectivity index (χ1) is 9.08. The highest BCUT2D eigenvalue weighted by Gasteiger charge is 2.16. The van der Waals surface area contributed by atoms with Crippen molar-refractivity contribution in [1.82, 2.24) is 9.55 Å². The lowest BCUT2D eigenvalue weighted by atomic mass is 9.98. The van der Waals surface area contributed by atoms with Crippen LogP contribution in [0.5, 0.6) is 5.75 Å². The lowest BCUT2D eigenvalue weighted by Gasteiger charge is -2.13. The molecule has 0 fully saturated rings. The number of carbonyl (C=O) groups is 1. The van der Waals surface area contributed by atoms with Crippen LogP contribution in [-0.2, 0) is 7.05 Å². The summed E-state index contributed by atoms with van der Waals surface area (Å²) in [6, 6.07) is 6.05. The molecular weight excluding hydrogens is 240 g/mol. The van der Waals surface area contributed by atoms with Crippen molar-refractivity contribution in [3.05, 3.63) is 35.8 Å². The van der Waals surface area contributed by atoms with Crippen molar-refractivity contribution < 1.29 is 9.53 Å². The van der Waals surface area contributed by atoms with Gasteiger partial charge in [0.25, 0.3) is 0 Å². The monoisotopic (exact) mass is 258 g/mol. The average Bonchev–Trinajstić information content (AvgIpc) is 2.78. The number of rotatable bonds is 4. The minimum Gasteiger partial charge on any atom is -0.496 e. The van der Waals surface area contributed by atoms with Gasteiger partial charge in [0.05, 0.1) is 19.1 Å². The third kappa shape index (κ3) is 2.38. The summed E-state index contributed by atoms with van der Waals surface area (Å²) >= 11 is 0. The molecule has 0 spiro atoms. The lowest BCUT2D eigenvalue weighted by molar-refractivity contribution is 0.112. The predicted molar refractivity (Wildman–Crippen MR) is 74.7 cm³/mol. The number of nitrogens with zero attached hydrogens (tertiary/aromatic N) is 2. The summed E-state index contributed by atoms with van der Waals surface area (Å²) in [5, 5.41) is 0. The van der Waals surface area contributed by atoms with Gasteiger partial charge < -0.3 is 9.30 Å². The Kier molecular flexibility index (Phi) is 3.69. The largest absolute Gasteiger partial charge is 0.496 e. The Morgan fingerprint density at radius 3 is 2.68 bits per heavy atom. The fourth-order valence-electron chi connectivity index (χ4n) is 2.13. The predicted octanol–water partition coefficient (Wildman–Crippen LogP) is 3.03. The Hall–Kier alpha value is -2.10. The summed E-state index contributed by atoms with van der Waals surface area (Å²) in [5.74, 6) is 1.16. The first-order valence-electron chi connectivity index (χ1n) is 6.23. The van der Waals surface area contributed by atoms with Gasteiger partial charge in [-0.2, -0.15) is 0 Å². The number of hydrogen-bond donors (Lipinski definition) is 0. The smallest absolute Gasteiger partial charge is 0.170 e. The highest BCUT2D eigenvalue weighted by molar-refractivity contribution is 5.85. The fourth-order valence-corrected chi connectivity index (χ4v) is 2.13. The van der Waals surface area contributed by atoms with Crippen LogP contribution in [0.25, 0.3) is 11.3 Å². The highest BCUT2D eigenvalue weighted by Crippen LogP contribution is 2.33. The van der Waals surface area contributed by atoms with E-state index in [9.17, 15) is 4.79 Å². The summed E-state index contributed by atoms with van der Waals surface area (Å²) in [6.07, 6.45) is 2.41. The summed E-state index contributed by atoms with van der Waals surface area (Å²) in [4.78, 5) is 15.2. The van der Waals surface area contributed by atoms with Crippen LogP contribution in [0.3, 0.4) is 0 Å². The molecular formula is C15H18N2O2. The molecule has 0 amide bonds. The molecule has 2 rings (SSSR count). The van der Waals surface area contributed by atoms with Gasteiger partial charge in [0.2, 0.25) is 0 Å². The Morgan fingerprint density at radius 2 is 2.11 bits per heavy atom. The van der Waals surface area contributed by atoms with Crippen LogP contribution in [0, 0.1) is 0 Å². The number of aromatic nitrogens is 2. The molecule has 0 N–H and O–H groups in total. The fraction of sp³-hybridized carbons (Fsp3) is 0.333. The molecule has 0 radical (unpaired) electrons. The molecule has 1 heterocycles. The molecule has 0 saturated heterocycles. The second-order valence-corrected chi connectivity index (χ2v) is 4.82. The van der Waals surface area contributed by atoms with Crippen molar-refractivity contribution in [3.8, 4) is 17.0 Å². The summed E-state index contributed by atoms with van der Waals surface area (Å²) in [5.41, 5.74) is 3.32. The van der Waals surface area contributed by atoms with Crippen LogP contribution in [-0.4, -0.2) is 22.9 Å². The van der Waals surface area contributed by atoms with E-state index in [-0.39, 0.29) is 0 Å². The second-order valence-electron chi connectivity index (χ2n) is 4.82. The number of imidazole rings is 1. The first-order valence-corrected chi connectivity index (χ1v) is 6.23. The number of ether oxygens (including phenoxy) is 1. The normalized spacial score (nSPS) is 10.8. The van der Waals surface area contributed by atoms with Crippen LogP contribution in [0.1, 0.15) is 35.8 Å². The van der Waals surface area contributed by atoms with Crippen molar-refractivity contribution in [2.75, 3.05) is 7.11 Å². The summed E-state index contributed by atoms with van der Waals surface area (Å²) in [6.45, 7) is 4.27. The number of methoxy groups -OCH3 is 1. The third-order valence-electron chi connectivity index (χ3n) is 3.22. The van der Waals surface area contributed by atoms with Gasteiger partial charge in [-0.05, 0) is 23.6 Å². The van der Waals surface area contributed by atoms with Crippen molar-refractivity contribution >= 4 is 6.29 Å². The number of benzene rings is 1. The van der Waals surface area contributed by atoms with E-state index in [0.717, 1.165) is 23.3 Å². The van der Waals surface area contributed by atoms with Crippen molar-refractivity contribution in [2.45, 2.75) is 19.8 Å². The molecule has 0 atom stereocenters. The molecule has 0 aliphatic carbocycles. The number of hydrogen-bond acceptors (Lipinski definition) is 3. The lowest BCUT2D eigenvalue weighted by Crippen LogP contribution is -1.98. The SMILES string of the molecule is COc1ccc(C(C)C)cc1-c1c(C=O)ncn1C. The maximum absolute atomic E-state index is 11.1. The van der Waals surface area contributed by atoms with Crippen LogP contribution in [0.4, 0.5) is 0 Å². The van der Waals surface area contributed by atoms with Gasteiger partial charge in [-0.25, -0.2) is 4.98 Å². The first kappa shape index (κ1) is 13.3. The number of carbonyl (C=O) groups excluding carboxylic acids is 1. The minimum absolute atomic E-state index is 0.414. The molecule has 4 heteroatoms. The molecule has 2 aromatic rings. The minimum atomic E-state index is 0.414. The summed E-state index contributed by atoms with van der Waals surface area (Å²) in [7, 11) is 3.50. The van der Waals surface area contributed by atoms with Gasteiger partial charge in [-0.3, -0.25) is 4.79 Å². The van der Waals surface area contributed by atoms with Crippen LogP contribution >= 0.6 is 0 Å². The third-order valence-corrected chi connectivity index (χ3v) is 3.22. The Morgan fingerprint density at radius 1 is 1.37 bits per heavy atom. The Labute approximate surface area is 113 Å². The number of aldehydes is 1. The van der Waals surface area contributed by atoms with E-state index in [1.54, 1.807) is 13.4 Å². The summed E-state index contributed by atoms with van der Waals surface area (Å²) < 4.78 is 7.24. The zero-order valence-electron chi connectivity index (χ0n) is 11.7. The molecule has 0 saturated carbocycles. The molecule has 19 heavy (non-hydrogen) atoms. The molecule has 1 aromatic carbocycles. The van der Waals surface area contributed by atoms with Crippen molar-refractivity contribution in [1.29, 1.82) is 0 Å². The van der Waals surface area contributed by atoms with Gasteiger partial charge in [-0.1, -0.05) is 19.9 Å². The molecule has 0 aliphatic rings. The van der Waals surface area contributed by atoms with Gasteiger partial charge in [0, 0.05) is 12.6 Å². The van der Waals surface area contributed by atoms with Crippen LogP contribution in [0.2, 0.25) is 0 Å². The maximum Gasteiger partial charge on any atom is 0.170 e. The quantitative estimate of drug-likeness (QED) is 0.792. The zero-order chi connectivity index (χ0) is 14.0. The molecule has 0 bridgehead atoms. The van der Waals surface area contributed by atoms with E-state index >= 15 is 0 Å². The topological polar surface area (TPSA) is 44.1 Å². The maximum atomic E-state index is 11.1. The average molecular weight is 258 g/mol. The van der Waals surface area contributed by atoms with Crippen molar-refractivity contribution in [2.24, 2.45) is 7.05 Å². The van der Waals surface area contributed by atoms with E-state index in [1.165, 1.54) is 5.56 Å². The molecule has 4 nitrogen and oxygen atoms in total. The van der Waals surface area contributed by atoms with E-state index in [4.69, 9.17) is 4.74 Å². The molecule has 1 aromatic heterocycles. The molecule has 100 valence electrons. The molecule has 0 unspecified atom stereocenters. The van der Waals surface area contributed by atoms with E-state index < -0.39 is 0 Å². The van der Waals surface area contributed by atoms with Crippen molar-refractivity contribution in [3.63, 3.8) is 0 Å². The second kappa shape index (κ2) is 5.26. The Balaban J connectivity index is 2.68. The van der Waals surface area contributed by atoms with E-state index in [1.807, 2.05) is 23.7 Å². The van der Waals surface area contributed by atoms with Gasteiger partial charge in [-0.15, -0.1) is 0 Å². The van der Waals surface area contributed by atoms with Gasteiger partial charge in [0.1, 0.15) is 11.4 Å². The van der Waals surface area contributed by atoms with Gasteiger partial charge >= 0.3 is 0 Å². The highest BCUT2D eigenvalue weighted by atomic mass is 16.5. The zero-order valence-corrected chi connectivity index (χ0v) is 11.7.